The molecular weight excluding hydrogens is 468 g/mol. The summed E-state index contributed by atoms with van der Waals surface area (Å²) >= 11 is 5.95. The Balaban J connectivity index is 1.63. The van der Waals surface area contributed by atoms with E-state index in [1.54, 1.807) is 50.6 Å². The third kappa shape index (κ3) is 5.33. The first kappa shape index (κ1) is 23.6. The lowest BCUT2D eigenvalue weighted by Gasteiger charge is -2.24. The molecular formula is C23H25ClN2O6S. The van der Waals surface area contributed by atoms with Crippen LogP contribution in [0.4, 0.5) is 0 Å². The molecule has 1 atom stereocenters. The number of hydrogen-bond acceptors (Lipinski definition) is 7. The van der Waals surface area contributed by atoms with Crippen LogP contribution in [0.5, 0.6) is 11.5 Å². The Morgan fingerprint density at radius 2 is 1.91 bits per heavy atom. The standard InChI is InChI=1S/C23H25ClN2O6S/c1-29-18-7-10-22(30-2)21(13-18)23-12-17(25-32-23)14-26(15-19-4-3-11-31-19)33(27,28)20-8-5-16(24)6-9-20/h5-10,12-13,19H,3-4,11,14-15H2,1-2H3/t19-/m1/s1. The molecule has 4 rings (SSSR count). The van der Waals surface area contributed by atoms with Crippen molar-refractivity contribution < 1.29 is 27.2 Å². The molecule has 0 saturated carbocycles. The fourth-order valence-electron chi connectivity index (χ4n) is 3.72. The van der Waals surface area contributed by atoms with E-state index in [0.717, 1.165) is 12.8 Å². The van der Waals surface area contributed by atoms with Crippen molar-refractivity contribution in [1.29, 1.82) is 0 Å². The number of nitrogens with zero attached hydrogens (tertiary/aromatic N) is 2. The second kappa shape index (κ2) is 10.1. The maximum absolute atomic E-state index is 13.4. The summed E-state index contributed by atoms with van der Waals surface area (Å²) in [4.78, 5) is 0.156. The maximum Gasteiger partial charge on any atom is 0.243 e. The van der Waals surface area contributed by atoms with Crippen molar-refractivity contribution in [2.24, 2.45) is 0 Å². The zero-order valence-electron chi connectivity index (χ0n) is 18.4. The van der Waals surface area contributed by atoms with E-state index >= 15 is 0 Å². The van der Waals surface area contributed by atoms with Crippen molar-refractivity contribution in [3.05, 3.63) is 59.2 Å². The molecule has 3 aromatic rings. The molecule has 2 aromatic carbocycles. The first-order valence-corrected chi connectivity index (χ1v) is 12.3. The minimum absolute atomic E-state index is 0.0284. The number of halogens is 1. The second-order valence-electron chi connectivity index (χ2n) is 7.64. The summed E-state index contributed by atoms with van der Waals surface area (Å²) in [5.41, 5.74) is 1.12. The lowest BCUT2D eigenvalue weighted by atomic mass is 10.1. The summed E-state index contributed by atoms with van der Waals surface area (Å²) in [6, 6.07) is 13.1. The van der Waals surface area contributed by atoms with Crippen molar-refractivity contribution in [2.75, 3.05) is 27.4 Å². The number of hydrogen-bond donors (Lipinski definition) is 0. The predicted molar refractivity (Wildman–Crippen MR) is 123 cm³/mol. The van der Waals surface area contributed by atoms with Gasteiger partial charge in [0.25, 0.3) is 0 Å². The quantitative estimate of drug-likeness (QED) is 0.437. The zero-order valence-corrected chi connectivity index (χ0v) is 19.9. The Bertz CT molecular complexity index is 1190. The third-order valence-electron chi connectivity index (χ3n) is 5.45. The molecule has 1 aliphatic heterocycles. The van der Waals surface area contributed by atoms with Gasteiger partial charge in [0.1, 0.15) is 11.5 Å². The molecule has 0 aliphatic carbocycles. The van der Waals surface area contributed by atoms with Crippen LogP contribution in [0.3, 0.4) is 0 Å². The summed E-state index contributed by atoms with van der Waals surface area (Å²) < 4.78 is 50.2. The Hall–Kier alpha value is -2.59. The van der Waals surface area contributed by atoms with Crippen LogP contribution in [0.1, 0.15) is 18.5 Å². The first-order chi connectivity index (χ1) is 15.9. The minimum Gasteiger partial charge on any atom is -0.497 e. The molecule has 0 N–H and O–H groups in total. The molecule has 33 heavy (non-hydrogen) atoms. The van der Waals surface area contributed by atoms with E-state index in [1.165, 1.54) is 16.4 Å². The van der Waals surface area contributed by atoms with Gasteiger partial charge in [-0.15, -0.1) is 0 Å². The Morgan fingerprint density at radius 3 is 2.58 bits per heavy atom. The molecule has 0 radical (unpaired) electrons. The lowest BCUT2D eigenvalue weighted by molar-refractivity contribution is 0.0922. The summed E-state index contributed by atoms with van der Waals surface area (Å²) in [5.74, 6) is 1.67. The first-order valence-electron chi connectivity index (χ1n) is 10.5. The van der Waals surface area contributed by atoms with Gasteiger partial charge in [-0.25, -0.2) is 8.42 Å². The van der Waals surface area contributed by atoms with Crippen molar-refractivity contribution in [2.45, 2.75) is 30.4 Å². The van der Waals surface area contributed by atoms with Crippen molar-refractivity contribution >= 4 is 21.6 Å². The van der Waals surface area contributed by atoms with Gasteiger partial charge in [0.2, 0.25) is 10.0 Å². The van der Waals surface area contributed by atoms with Gasteiger partial charge in [-0.05, 0) is 55.3 Å². The summed E-state index contributed by atoms with van der Waals surface area (Å²) in [6.07, 6.45) is 1.54. The molecule has 0 bridgehead atoms. The summed E-state index contributed by atoms with van der Waals surface area (Å²) in [5, 5.41) is 4.59. The SMILES string of the molecule is COc1ccc(OC)c(-c2cc(CN(C[C@H]3CCCO3)S(=O)(=O)c3ccc(Cl)cc3)no2)c1. The van der Waals surface area contributed by atoms with E-state index in [9.17, 15) is 8.42 Å². The number of methoxy groups -OCH3 is 2. The topological polar surface area (TPSA) is 91.1 Å². The molecule has 0 spiro atoms. The van der Waals surface area contributed by atoms with Gasteiger partial charge in [-0.3, -0.25) is 0 Å². The highest BCUT2D eigenvalue weighted by Crippen LogP contribution is 2.34. The van der Waals surface area contributed by atoms with Crippen LogP contribution in [0.2, 0.25) is 5.02 Å². The molecule has 1 fully saturated rings. The number of ether oxygens (including phenoxy) is 3. The van der Waals surface area contributed by atoms with Crippen LogP contribution >= 0.6 is 11.6 Å². The number of rotatable bonds is 9. The molecule has 2 heterocycles. The molecule has 176 valence electrons. The molecule has 1 aromatic heterocycles. The molecule has 0 amide bonds. The Morgan fingerprint density at radius 1 is 1.12 bits per heavy atom. The highest BCUT2D eigenvalue weighted by molar-refractivity contribution is 7.89. The number of benzene rings is 2. The lowest BCUT2D eigenvalue weighted by Crippen LogP contribution is -2.37. The van der Waals surface area contributed by atoms with Crippen LogP contribution < -0.4 is 9.47 Å². The van der Waals surface area contributed by atoms with Crippen LogP contribution in [-0.2, 0) is 21.3 Å². The van der Waals surface area contributed by atoms with Crippen LogP contribution in [-0.4, -0.2) is 51.4 Å². The van der Waals surface area contributed by atoms with Crippen molar-refractivity contribution in [3.8, 4) is 22.8 Å². The van der Waals surface area contributed by atoms with Gasteiger partial charge in [0, 0.05) is 24.2 Å². The largest absolute Gasteiger partial charge is 0.497 e. The van der Waals surface area contributed by atoms with Crippen molar-refractivity contribution in [1.82, 2.24) is 9.46 Å². The van der Waals surface area contributed by atoms with Crippen LogP contribution in [0.15, 0.2) is 57.9 Å². The fraction of sp³-hybridized carbons (Fsp3) is 0.348. The summed E-state index contributed by atoms with van der Waals surface area (Å²) in [7, 11) is -0.682. The van der Waals surface area contributed by atoms with Gasteiger partial charge < -0.3 is 18.7 Å². The highest BCUT2D eigenvalue weighted by atomic mass is 35.5. The third-order valence-corrected chi connectivity index (χ3v) is 7.53. The van der Waals surface area contributed by atoms with Crippen molar-refractivity contribution in [3.63, 3.8) is 0 Å². The van der Waals surface area contributed by atoms with Gasteiger partial charge >= 0.3 is 0 Å². The van der Waals surface area contributed by atoms with Gasteiger partial charge in [0.15, 0.2) is 5.76 Å². The molecule has 1 aliphatic rings. The molecule has 0 unspecified atom stereocenters. The van der Waals surface area contributed by atoms with E-state index in [4.69, 9.17) is 30.3 Å². The maximum atomic E-state index is 13.4. The average Bonchev–Trinajstić information content (AvgIpc) is 3.51. The van der Waals surface area contributed by atoms with Crippen LogP contribution in [0, 0.1) is 0 Å². The van der Waals surface area contributed by atoms with E-state index in [1.807, 2.05) is 0 Å². The Kier molecular flexibility index (Phi) is 7.23. The normalized spacial score (nSPS) is 16.3. The van der Waals surface area contributed by atoms with E-state index in [-0.39, 0.29) is 24.1 Å². The molecule has 1 saturated heterocycles. The van der Waals surface area contributed by atoms with Gasteiger partial charge in [-0.2, -0.15) is 4.31 Å². The highest BCUT2D eigenvalue weighted by Gasteiger charge is 2.30. The summed E-state index contributed by atoms with van der Waals surface area (Å²) in [6.45, 7) is 0.874. The van der Waals surface area contributed by atoms with E-state index in [0.29, 0.717) is 40.1 Å². The van der Waals surface area contributed by atoms with Gasteiger partial charge in [0.05, 0.1) is 43.0 Å². The van der Waals surface area contributed by atoms with Crippen LogP contribution in [0.25, 0.3) is 11.3 Å². The second-order valence-corrected chi connectivity index (χ2v) is 10.0. The van der Waals surface area contributed by atoms with Gasteiger partial charge in [-0.1, -0.05) is 16.8 Å². The fourth-order valence-corrected chi connectivity index (χ4v) is 5.29. The number of aromatic nitrogens is 1. The smallest absolute Gasteiger partial charge is 0.243 e. The van der Waals surface area contributed by atoms with E-state index in [2.05, 4.69) is 5.16 Å². The predicted octanol–water partition coefficient (Wildman–Crippen LogP) is 4.38. The van der Waals surface area contributed by atoms with E-state index < -0.39 is 10.0 Å². The minimum atomic E-state index is -3.81. The average molecular weight is 493 g/mol. The Labute approximate surface area is 198 Å². The monoisotopic (exact) mass is 492 g/mol. The zero-order chi connectivity index (χ0) is 23.4. The molecule has 10 heteroatoms. The molecule has 8 nitrogen and oxygen atoms in total. The number of sulfonamides is 1.